The van der Waals surface area contributed by atoms with E-state index in [-0.39, 0.29) is 11.8 Å². The average Bonchev–Trinajstić information content (AvgIpc) is 2.84. The number of hydrogen-bond donors (Lipinski definition) is 2. The number of aryl methyl sites for hydroxylation is 1. The first-order chi connectivity index (χ1) is 11.2. The van der Waals surface area contributed by atoms with Gasteiger partial charge in [0.1, 0.15) is 6.04 Å². The van der Waals surface area contributed by atoms with Gasteiger partial charge in [0, 0.05) is 12.0 Å². The summed E-state index contributed by atoms with van der Waals surface area (Å²) in [6.45, 7) is 9.95. The van der Waals surface area contributed by atoms with Crippen LogP contribution in [0, 0.1) is 5.41 Å². The summed E-state index contributed by atoms with van der Waals surface area (Å²) >= 11 is 0. The first kappa shape index (κ1) is 18.0. The molecular weight excluding hydrogens is 304 g/mol. The summed E-state index contributed by atoms with van der Waals surface area (Å²) in [6.07, 6.45) is 0.930. The summed E-state index contributed by atoms with van der Waals surface area (Å²) in [7, 11) is 0. The van der Waals surface area contributed by atoms with Gasteiger partial charge < -0.3 is 9.88 Å². The maximum atomic E-state index is 12.4. The highest BCUT2D eigenvalue weighted by Gasteiger charge is 2.25. The first-order valence-corrected chi connectivity index (χ1v) is 8.31. The molecule has 1 unspecified atom stereocenters. The quantitative estimate of drug-likeness (QED) is 0.885. The number of para-hydroxylation sites is 2. The van der Waals surface area contributed by atoms with Crippen molar-refractivity contribution in [3.63, 3.8) is 0 Å². The molecule has 2 N–H and O–H groups in total. The van der Waals surface area contributed by atoms with Gasteiger partial charge >= 0.3 is 0 Å². The molecule has 0 saturated heterocycles. The number of amides is 2. The largest absolute Gasteiger partial charge is 0.344 e. The number of carbonyl (C=O) groups excluding carboxylic acids is 2. The van der Waals surface area contributed by atoms with E-state index in [0.717, 1.165) is 24.0 Å². The molecule has 0 aliphatic carbocycles. The van der Waals surface area contributed by atoms with Gasteiger partial charge in [0.25, 0.3) is 0 Å². The molecule has 2 aromatic rings. The number of imidazole rings is 1. The first-order valence-electron chi connectivity index (χ1n) is 8.31. The van der Waals surface area contributed by atoms with E-state index in [1.54, 1.807) is 6.92 Å². The van der Waals surface area contributed by atoms with Crippen LogP contribution in [-0.2, 0) is 16.1 Å². The predicted octanol–water partition coefficient (Wildman–Crippen LogP) is 2.94. The zero-order chi connectivity index (χ0) is 17.9. The fourth-order valence-electron chi connectivity index (χ4n) is 2.32. The molecule has 0 radical (unpaired) electrons. The van der Waals surface area contributed by atoms with Gasteiger partial charge in [-0.25, -0.2) is 4.98 Å². The highest BCUT2D eigenvalue weighted by molar-refractivity contribution is 5.97. The number of benzene rings is 1. The SMILES string of the molecule is CCCn1c(NC(=O)C(C)NC(=O)C(C)(C)C)nc2ccccc21. The molecule has 2 amide bonds. The lowest BCUT2D eigenvalue weighted by Gasteiger charge is -2.21. The molecule has 0 saturated carbocycles. The molecule has 0 aliphatic heterocycles. The van der Waals surface area contributed by atoms with Crippen molar-refractivity contribution in [1.29, 1.82) is 0 Å². The van der Waals surface area contributed by atoms with Crippen LogP contribution in [-0.4, -0.2) is 27.4 Å². The molecule has 24 heavy (non-hydrogen) atoms. The van der Waals surface area contributed by atoms with Crippen LogP contribution in [0.25, 0.3) is 11.0 Å². The van der Waals surface area contributed by atoms with Gasteiger partial charge in [-0.2, -0.15) is 0 Å². The van der Waals surface area contributed by atoms with Crippen LogP contribution in [0.2, 0.25) is 0 Å². The summed E-state index contributed by atoms with van der Waals surface area (Å²) < 4.78 is 1.99. The van der Waals surface area contributed by atoms with E-state index in [9.17, 15) is 9.59 Å². The molecule has 0 spiro atoms. The Hall–Kier alpha value is -2.37. The molecule has 0 fully saturated rings. The molecule has 2 rings (SSSR count). The van der Waals surface area contributed by atoms with Crippen molar-refractivity contribution in [2.45, 2.75) is 53.6 Å². The third-order valence-corrected chi connectivity index (χ3v) is 3.76. The summed E-state index contributed by atoms with van der Waals surface area (Å²) in [5, 5.41) is 5.58. The number of rotatable bonds is 5. The van der Waals surface area contributed by atoms with Crippen molar-refractivity contribution >= 4 is 28.8 Å². The van der Waals surface area contributed by atoms with Gasteiger partial charge in [-0.1, -0.05) is 39.8 Å². The highest BCUT2D eigenvalue weighted by atomic mass is 16.2. The van der Waals surface area contributed by atoms with E-state index in [4.69, 9.17) is 0 Å². The average molecular weight is 330 g/mol. The summed E-state index contributed by atoms with van der Waals surface area (Å²) in [5.74, 6) is 0.0763. The third kappa shape index (κ3) is 3.93. The van der Waals surface area contributed by atoms with E-state index in [2.05, 4.69) is 22.5 Å². The third-order valence-electron chi connectivity index (χ3n) is 3.76. The van der Waals surface area contributed by atoms with Gasteiger partial charge in [-0.3, -0.25) is 14.9 Å². The Morgan fingerprint density at radius 2 is 1.92 bits per heavy atom. The van der Waals surface area contributed by atoms with Crippen molar-refractivity contribution in [2.75, 3.05) is 5.32 Å². The maximum Gasteiger partial charge on any atom is 0.248 e. The number of anilines is 1. The van der Waals surface area contributed by atoms with Gasteiger partial charge in [-0.05, 0) is 25.5 Å². The molecule has 1 aromatic heterocycles. The van der Waals surface area contributed by atoms with Gasteiger partial charge in [0.15, 0.2) is 0 Å². The molecule has 6 nitrogen and oxygen atoms in total. The zero-order valence-corrected chi connectivity index (χ0v) is 15.0. The molecule has 0 aliphatic rings. The maximum absolute atomic E-state index is 12.4. The summed E-state index contributed by atoms with van der Waals surface area (Å²) in [6, 6.07) is 7.14. The Morgan fingerprint density at radius 3 is 2.54 bits per heavy atom. The van der Waals surface area contributed by atoms with E-state index in [0.29, 0.717) is 5.95 Å². The predicted molar refractivity (Wildman–Crippen MR) is 95.7 cm³/mol. The monoisotopic (exact) mass is 330 g/mol. The van der Waals surface area contributed by atoms with Crippen LogP contribution >= 0.6 is 0 Å². The topological polar surface area (TPSA) is 76.0 Å². The number of carbonyl (C=O) groups is 2. The fourth-order valence-corrected chi connectivity index (χ4v) is 2.32. The number of aromatic nitrogens is 2. The minimum atomic E-state index is -0.633. The van der Waals surface area contributed by atoms with Crippen LogP contribution in [0.1, 0.15) is 41.0 Å². The van der Waals surface area contributed by atoms with Crippen molar-refractivity contribution in [1.82, 2.24) is 14.9 Å². The van der Waals surface area contributed by atoms with E-state index < -0.39 is 11.5 Å². The molecule has 1 aromatic carbocycles. The van der Waals surface area contributed by atoms with Crippen molar-refractivity contribution in [2.24, 2.45) is 5.41 Å². The highest BCUT2D eigenvalue weighted by Crippen LogP contribution is 2.20. The molecule has 6 heteroatoms. The molecule has 0 bridgehead atoms. The Balaban J connectivity index is 2.18. The Bertz CT molecular complexity index is 743. The van der Waals surface area contributed by atoms with Crippen molar-refractivity contribution in [3.05, 3.63) is 24.3 Å². The summed E-state index contributed by atoms with van der Waals surface area (Å²) in [4.78, 5) is 29.0. The zero-order valence-electron chi connectivity index (χ0n) is 15.0. The number of fused-ring (bicyclic) bond motifs is 1. The lowest BCUT2D eigenvalue weighted by Crippen LogP contribution is -2.46. The van der Waals surface area contributed by atoms with Crippen LogP contribution in [0.15, 0.2) is 24.3 Å². The smallest absolute Gasteiger partial charge is 0.248 e. The normalized spacial score (nSPS) is 12.9. The van der Waals surface area contributed by atoms with Crippen molar-refractivity contribution in [3.8, 4) is 0 Å². The van der Waals surface area contributed by atoms with Crippen LogP contribution in [0.4, 0.5) is 5.95 Å². The Morgan fingerprint density at radius 1 is 1.25 bits per heavy atom. The minimum absolute atomic E-state index is 0.160. The second-order valence-corrected chi connectivity index (χ2v) is 7.01. The van der Waals surface area contributed by atoms with Gasteiger partial charge in [-0.15, -0.1) is 0 Å². The lowest BCUT2D eigenvalue weighted by atomic mass is 9.95. The number of hydrogen-bond acceptors (Lipinski definition) is 3. The van der Waals surface area contributed by atoms with Gasteiger partial charge in [0.2, 0.25) is 17.8 Å². The van der Waals surface area contributed by atoms with Gasteiger partial charge in [0.05, 0.1) is 11.0 Å². The fraction of sp³-hybridized carbons (Fsp3) is 0.500. The molecular formula is C18H26N4O2. The number of nitrogens with one attached hydrogen (secondary N) is 2. The molecule has 130 valence electrons. The van der Waals surface area contributed by atoms with E-state index in [1.165, 1.54) is 0 Å². The van der Waals surface area contributed by atoms with Crippen molar-refractivity contribution < 1.29 is 9.59 Å². The standard InChI is InChI=1S/C18H26N4O2/c1-6-11-22-14-10-8-7-9-13(14)20-17(22)21-15(23)12(2)19-16(24)18(3,4)5/h7-10,12H,6,11H2,1-5H3,(H,19,24)(H,20,21,23). The van der Waals surface area contributed by atoms with Crippen LogP contribution < -0.4 is 10.6 Å². The summed E-state index contributed by atoms with van der Waals surface area (Å²) in [5.41, 5.74) is 1.29. The van der Waals surface area contributed by atoms with E-state index >= 15 is 0 Å². The molecule has 1 heterocycles. The lowest BCUT2D eigenvalue weighted by molar-refractivity contribution is -0.131. The van der Waals surface area contributed by atoms with Crippen LogP contribution in [0.5, 0.6) is 0 Å². The second-order valence-electron chi connectivity index (χ2n) is 7.01. The number of nitrogens with zero attached hydrogens (tertiary/aromatic N) is 2. The van der Waals surface area contributed by atoms with E-state index in [1.807, 2.05) is 49.6 Å². The Labute approximate surface area is 142 Å². The van der Waals surface area contributed by atoms with Crippen LogP contribution in [0.3, 0.4) is 0 Å². The Kier molecular flexibility index (Phi) is 5.26. The minimum Gasteiger partial charge on any atom is -0.344 e. The second kappa shape index (κ2) is 7.03. The molecule has 1 atom stereocenters.